The number of hydrogen-bond donors (Lipinski definition) is 1. The first kappa shape index (κ1) is 19.9. The Morgan fingerprint density at radius 3 is 2.73 bits per heavy atom. The molecule has 1 aromatic carbocycles. The predicted octanol–water partition coefficient (Wildman–Crippen LogP) is 3.70. The average molecular weight is 365 g/mol. The lowest BCUT2D eigenvalue weighted by Crippen LogP contribution is -2.37. The van der Waals surface area contributed by atoms with Gasteiger partial charge in [-0.05, 0) is 30.0 Å². The summed E-state index contributed by atoms with van der Waals surface area (Å²) in [5.41, 5.74) is 1.10. The number of benzene rings is 1. The van der Waals surface area contributed by atoms with E-state index in [9.17, 15) is 13.6 Å². The third-order valence-electron chi connectivity index (χ3n) is 3.99. The maximum Gasteiger partial charge on any atom is 0.319 e. The Morgan fingerprint density at radius 1 is 1.35 bits per heavy atom. The molecule has 0 bridgehead atoms. The van der Waals surface area contributed by atoms with Crippen LogP contribution in [0.25, 0.3) is 0 Å². The van der Waals surface area contributed by atoms with Crippen molar-refractivity contribution >= 4 is 5.91 Å². The Hall–Kier alpha value is -2.44. The van der Waals surface area contributed by atoms with Crippen molar-refractivity contribution in [1.82, 2.24) is 14.9 Å². The number of rotatable bonds is 7. The van der Waals surface area contributed by atoms with Gasteiger partial charge in [0.05, 0.1) is 0 Å². The molecule has 0 radical (unpaired) electrons. The molecule has 0 spiro atoms. The summed E-state index contributed by atoms with van der Waals surface area (Å²) in [6.07, 6.45) is 2.06. The van der Waals surface area contributed by atoms with Crippen LogP contribution in [0.2, 0.25) is 0 Å². The number of alkyl halides is 2. The Balaban J connectivity index is 1.87. The van der Waals surface area contributed by atoms with E-state index in [1.165, 1.54) is 12.4 Å². The highest BCUT2D eigenvalue weighted by Gasteiger charge is 2.18. The van der Waals surface area contributed by atoms with Crippen LogP contribution in [-0.4, -0.2) is 28.1 Å². The van der Waals surface area contributed by atoms with E-state index in [2.05, 4.69) is 31.1 Å². The number of nitrogens with one attached hydrogen (secondary N) is 1. The zero-order valence-corrected chi connectivity index (χ0v) is 15.5. The highest BCUT2D eigenvalue weighted by atomic mass is 19.3. The number of ether oxygens (including phenoxy) is 1. The maximum absolute atomic E-state index is 12.7. The van der Waals surface area contributed by atoms with E-state index >= 15 is 0 Å². The lowest BCUT2D eigenvalue weighted by atomic mass is 9.87. The minimum Gasteiger partial charge on any atom is -0.481 e. The summed E-state index contributed by atoms with van der Waals surface area (Å²) in [5.74, 6) is 0.543. The number of amides is 1. The van der Waals surface area contributed by atoms with Crippen LogP contribution >= 0.6 is 0 Å². The summed E-state index contributed by atoms with van der Waals surface area (Å²) in [6.45, 7) is 5.53. The Labute approximate surface area is 152 Å². The quantitative estimate of drug-likeness (QED) is 0.814. The van der Waals surface area contributed by atoms with Crippen LogP contribution in [0.15, 0.2) is 36.7 Å². The van der Waals surface area contributed by atoms with Crippen LogP contribution in [0.3, 0.4) is 0 Å². The van der Waals surface area contributed by atoms with Crippen molar-refractivity contribution in [3.8, 4) is 5.75 Å². The van der Waals surface area contributed by atoms with Crippen molar-refractivity contribution in [3.63, 3.8) is 0 Å². The van der Waals surface area contributed by atoms with E-state index in [1.54, 1.807) is 13.0 Å². The number of halogens is 2. The van der Waals surface area contributed by atoms with E-state index < -0.39 is 12.7 Å². The molecule has 1 atom stereocenters. The largest absolute Gasteiger partial charge is 0.481 e. The lowest BCUT2D eigenvalue weighted by molar-refractivity contribution is -0.127. The molecule has 0 saturated heterocycles. The summed E-state index contributed by atoms with van der Waals surface area (Å²) >= 11 is 0. The molecule has 1 heterocycles. The van der Waals surface area contributed by atoms with E-state index in [4.69, 9.17) is 4.74 Å². The Bertz CT molecular complexity index is 738. The van der Waals surface area contributed by atoms with Gasteiger partial charge in [-0.1, -0.05) is 32.9 Å². The zero-order chi connectivity index (χ0) is 19.3. The zero-order valence-electron chi connectivity index (χ0n) is 15.5. The molecule has 2 rings (SSSR count). The second kappa shape index (κ2) is 8.29. The third kappa shape index (κ3) is 5.28. The summed E-state index contributed by atoms with van der Waals surface area (Å²) in [4.78, 5) is 16.0. The van der Waals surface area contributed by atoms with E-state index in [0.29, 0.717) is 5.75 Å². The van der Waals surface area contributed by atoms with Crippen LogP contribution < -0.4 is 10.1 Å². The molecular formula is C19H25F2N3O2. The second-order valence-electron chi connectivity index (χ2n) is 7.11. The van der Waals surface area contributed by atoms with Gasteiger partial charge in [0.25, 0.3) is 5.91 Å². The highest BCUT2D eigenvalue weighted by Crippen LogP contribution is 2.26. The molecule has 0 fully saturated rings. The van der Waals surface area contributed by atoms with Crippen molar-refractivity contribution in [2.75, 3.05) is 6.54 Å². The van der Waals surface area contributed by atoms with Crippen LogP contribution in [0.4, 0.5) is 8.78 Å². The monoisotopic (exact) mass is 365 g/mol. The minimum atomic E-state index is -2.64. The number of carbonyl (C=O) groups is 1. The normalized spacial score (nSPS) is 12.9. The molecular weight excluding hydrogens is 340 g/mol. The molecule has 0 aliphatic rings. The molecule has 0 aliphatic carbocycles. The van der Waals surface area contributed by atoms with Crippen LogP contribution in [0.5, 0.6) is 5.75 Å². The Kier molecular flexibility index (Phi) is 6.34. The maximum atomic E-state index is 12.7. The number of aromatic nitrogens is 2. The summed E-state index contributed by atoms with van der Waals surface area (Å²) in [5, 5.41) is 2.69. The van der Waals surface area contributed by atoms with Crippen molar-refractivity contribution in [2.45, 2.75) is 52.2 Å². The van der Waals surface area contributed by atoms with E-state index in [-0.39, 0.29) is 30.1 Å². The van der Waals surface area contributed by atoms with Crippen LogP contribution in [0.1, 0.15) is 45.6 Å². The van der Waals surface area contributed by atoms with E-state index in [1.807, 2.05) is 18.2 Å². The molecule has 1 N–H and O–H groups in total. The molecule has 1 aromatic heterocycles. The van der Waals surface area contributed by atoms with Crippen molar-refractivity contribution < 1.29 is 18.3 Å². The molecule has 0 unspecified atom stereocenters. The fourth-order valence-corrected chi connectivity index (χ4v) is 2.45. The fraction of sp³-hybridized carbons (Fsp3) is 0.474. The van der Waals surface area contributed by atoms with Crippen molar-refractivity contribution in [2.24, 2.45) is 0 Å². The first-order chi connectivity index (χ1) is 12.2. The number of carbonyl (C=O) groups excluding carboxylic acids is 1. The highest BCUT2D eigenvalue weighted by molar-refractivity contribution is 5.80. The van der Waals surface area contributed by atoms with Crippen molar-refractivity contribution in [3.05, 3.63) is 48.0 Å². The van der Waals surface area contributed by atoms with Gasteiger partial charge in [0.15, 0.2) is 6.10 Å². The van der Waals surface area contributed by atoms with Gasteiger partial charge in [-0.3, -0.25) is 9.36 Å². The van der Waals surface area contributed by atoms with Gasteiger partial charge in [0.2, 0.25) is 0 Å². The summed E-state index contributed by atoms with van der Waals surface area (Å²) < 4.78 is 32.0. The number of imidazole rings is 1. The molecule has 1 amide bonds. The number of nitrogens with zero attached hydrogens (tertiary/aromatic N) is 2. The topological polar surface area (TPSA) is 56.1 Å². The number of hydrogen-bond acceptors (Lipinski definition) is 3. The molecule has 142 valence electrons. The molecule has 2 aromatic rings. The smallest absolute Gasteiger partial charge is 0.319 e. The summed E-state index contributed by atoms with van der Waals surface area (Å²) in [7, 11) is 0. The van der Waals surface area contributed by atoms with Crippen LogP contribution in [0, 0.1) is 0 Å². The van der Waals surface area contributed by atoms with Gasteiger partial charge in [0, 0.05) is 25.4 Å². The Morgan fingerprint density at radius 2 is 2.08 bits per heavy atom. The molecule has 7 heteroatoms. The first-order valence-corrected chi connectivity index (χ1v) is 8.53. The summed E-state index contributed by atoms with van der Waals surface area (Å²) in [6, 6.07) is 7.63. The van der Waals surface area contributed by atoms with Gasteiger partial charge in [0.1, 0.15) is 11.6 Å². The average Bonchev–Trinajstić information content (AvgIpc) is 3.03. The van der Waals surface area contributed by atoms with Crippen molar-refractivity contribution in [1.29, 1.82) is 0 Å². The van der Waals surface area contributed by atoms with Gasteiger partial charge in [-0.15, -0.1) is 0 Å². The minimum absolute atomic E-state index is 0.0164. The van der Waals surface area contributed by atoms with E-state index in [0.717, 1.165) is 10.1 Å². The SMILES string of the molecule is C[C@@H](Oc1cccc(C(C)(C)C)c1)C(=O)NCCc1nccn1C(F)F. The lowest BCUT2D eigenvalue weighted by Gasteiger charge is -2.21. The van der Waals surface area contributed by atoms with Gasteiger partial charge >= 0.3 is 6.55 Å². The molecule has 26 heavy (non-hydrogen) atoms. The predicted molar refractivity (Wildman–Crippen MR) is 95.4 cm³/mol. The van der Waals surface area contributed by atoms with Crippen LogP contribution in [-0.2, 0) is 16.6 Å². The molecule has 0 aliphatic heterocycles. The standard InChI is InChI=1S/C19H25F2N3O2/c1-13(26-15-7-5-6-14(12-15)19(2,3)4)17(25)23-9-8-16-22-10-11-24(16)18(20)21/h5-7,10-13,18H,8-9H2,1-4H3,(H,23,25)/t13-/m1/s1. The van der Waals surface area contributed by atoms with Gasteiger partial charge < -0.3 is 10.1 Å². The van der Waals surface area contributed by atoms with Gasteiger partial charge in [-0.2, -0.15) is 8.78 Å². The third-order valence-corrected chi connectivity index (χ3v) is 3.99. The molecule has 0 saturated carbocycles. The second-order valence-corrected chi connectivity index (χ2v) is 7.11. The van der Waals surface area contributed by atoms with Gasteiger partial charge in [-0.25, -0.2) is 4.98 Å². The first-order valence-electron chi connectivity index (χ1n) is 8.53. The fourth-order valence-electron chi connectivity index (χ4n) is 2.45. The molecule has 5 nitrogen and oxygen atoms in total.